The molecule has 1 saturated heterocycles. The Hall–Kier alpha value is -2.25. The molecule has 3 N–H and O–H groups in total. The summed E-state index contributed by atoms with van der Waals surface area (Å²) >= 11 is 0. The molecule has 0 amide bonds. The molecule has 116 valence electrons. The van der Waals surface area contributed by atoms with Crippen molar-refractivity contribution in [1.29, 1.82) is 0 Å². The first-order valence-corrected chi connectivity index (χ1v) is 7.10. The fraction of sp³-hybridized carbons (Fsp3) is 0.333. The van der Waals surface area contributed by atoms with Crippen LogP contribution in [0.3, 0.4) is 0 Å². The third-order valence-corrected chi connectivity index (χ3v) is 3.80. The zero-order valence-corrected chi connectivity index (χ0v) is 11.9. The van der Waals surface area contributed by atoms with E-state index in [9.17, 15) is 9.18 Å². The third-order valence-electron chi connectivity index (χ3n) is 3.80. The van der Waals surface area contributed by atoms with Crippen LogP contribution in [0, 0.1) is 5.82 Å². The number of carboxylic acids is 1. The summed E-state index contributed by atoms with van der Waals surface area (Å²) in [6, 6.07) is 5.67. The number of aromatic amines is 1. The lowest BCUT2D eigenvalue weighted by Crippen LogP contribution is -2.53. The van der Waals surface area contributed by atoms with E-state index < -0.39 is 12.0 Å². The number of piperazine rings is 1. The van der Waals surface area contributed by atoms with Crippen molar-refractivity contribution in [3.05, 3.63) is 41.8 Å². The Morgan fingerprint density at radius 3 is 2.91 bits per heavy atom. The Balaban J connectivity index is 1.75. The SMILES string of the molecule is O=C(O)[C@@H]1CN(Cc2cn[nH]c2-c2ccc(F)cc2)CCN1. The molecule has 1 aromatic carbocycles. The van der Waals surface area contributed by atoms with Crippen molar-refractivity contribution in [3.8, 4) is 11.3 Å². The largest absolute Gasteiger partial charge is 0.480 e. The highest BCUT2D eigenvalue weighted by Crippen LogP contribution is 2.22. The van der Waals surface area contributed by atoms with Crippen LogP contribution >= 0.6 is 0 Å². The monoisotopic (exact) mass is 304 g/mol. The predicted octanol–water partition coefficient (Wildman–Crippen LogP) is 1.07. The van der Waals surface area contributed by atoms with E-state index in [2.05, 4.69) is 20.4 Å². The van der Waals surface area contributed by atoms with Gasteiger partial charge in [-0.15, -0.1) is 0 Å². The Labute approximate surface area is 127 Å². The maximum Gasteiger partial charge on any atom is 0.322 e. The van der Waals surface area contributed by atoms with Crippen LogP contribution in [0.5, 0.6) is 0 Å². The molecule has 6 nitrogen and oxygen atoms in total. The minimum atomic E-state index is -0.837. The number of benzene rings is 1. The van der Waals surface area contributed by atoms with Gasteiger partial charge < -0.3 is 10.4 Å². The topological polar surface area (TPSA) is 81.2 Å². The molecule has 1 aliphatic rings. The number of nitrogens with one attached hydrogen (secondary N) is 2. The summed E-state index contributed by atoms with van der Waals surface area (Å²) in [6.07, 6.45) is 1.73. The zero-order chi connectivity index (χ0) is 15.5. The molecule has 1 atom stereocenters. The smallest absolute Gasteiger partial charge is 0.322 e. The van der Waals surface area contributed by atoms with Crippen LogP contribution in [0.1, 0.15) is 5.56 Å². The van der Waals surface area contributed by atoms with E-state index >= 15 is 0 Å². The van der Waals surface area contributed by atoms with Gasteiger partial charge in [-0.3, -0.25) is 14.8 Å². The van der Waals surface area contributed by atoms with E-state index in [0.29, 0.717) is 19.6 Å². The van der Waals surface area contributed by atoms with Crippen LogP contribution < -0.4 is 5.32 Å². The molecule has 0 spiro atoms. The van der Waals surface area contributed by atoms with E-state index in [0.717, 1.165) is 23.4 Å². The first-order valence-electron chi connectivity index (χ1n) is 7.10. The van der Waals surface area contributed by atoms with Crippen LogP contribution in [0.15, 0.2) is 30.5 Å². The molecule has 1 fully saturated rings. The number of rotatable bonds is 4. The fourth-order valence-electron chi connectivity index (χ4n) is 2.66. The van der Waals surface area contributed by atoms with Gasteiger partial charge in [-0.1, -0.05) is 0 Å². The number of aromatic nitrogens is 2. The zero-order valence-electron chi connectivity index (χ0n) is 11.9. The lowest BCUT2D eigenvalue weighted by atomic mass is 10.1. The normalized spacial score (nSPS) is 19.2. The number of nitrogens with zero attached hydrogens (tertiary/aromatic N) is 2. The summed E-state index contributed by atoms with van der Waals surface area (Å²) in [6.45, 7) is 2.47. The number of hydrogen-bond donors (Lipinski definition) is 3. The van der Waals surface area contributed by atoms with Gasteiger partial charge in [0.25, 0.3) is 0 Å². The second-order valence-corrected chi connectivity index (χ2v) is 5.36. The minimum Gasteiger partial charge on any atom is -0.480 e. The Morgan fingerprint density at radius 1 is 1.41 bits per heavy atom. The molecule has 7 heteroatoms. The van der Waals surface area contributed by atoms with Gasteiger partial charge in [0.2, 0.25) is 0 Å². The van der Waals surface area contributed by atoms with E-state index in [1.54, 1.807) is 18.3 Å². The van der Waals surface area contributed by atoms with Crippen LogP contribution in [0.25, 0.3) is 11.3 Å². The summed E-state index contributed by atoms with van der Waals surface area (Å²) in [4.78, 5) is 13.2. The van der Waals surface area contributed by atoms with Gasteiger partial charge in [-0.05, 0) is 24.3 Å². The molecule has 1 aliphatic heterocycles. The van der Waals surface area contributed by atoms with Crippen molar-refractivity contribution in [3.63, 3.8) is 0 Å². The van der Waals surface area contributed by atoms with Gasteiger partial charge in [-0.2, -0.15) is 5.10 Å². The highest BCUT2D eigenvalue weighted by Gasteiger charge is 2.25. The highest BCUT2D eigenvalue weighted by atomic mass is 19.1. The molecule has 22 heavy (non-hydrogen) atoms. The number of carboxylic acid groups (broad SMARTS) is 1. The summed E-state index contributed by atoms with van der Waals surface area (Å²) in [5.41, 5.74) is 2.67. The van der Waals surface area contributed by atoms with Crippen molar-refractivity contribution in [2.45, 2.75) is 12.6 Å². The molecular weight excluding hydrogens is 287 g/mol. The van der Waals surface area contributed by atoms with Gasteiger partial charge in [0.15, 0.2) is 0 Å². The van der Waals surface area contributed by atoms with Crippen molar-refractivity contribution >= 4 is 5.97 Å². The number of halogens is 1. The second kappa shape index (κ2) is 6.25. The van der Waals surface area contributed by atoms with Gasteiger partial charge >= 0.3 is 5.97 Å². The average molecular weight is 304 g/mol. The number of hydrogen-bond acceptors (Lipinski definition) is 4. The molecule has 3 rings (SSSR count). The van der Waals surface area contributed by atoms with Crippen molar-refractivity contribution in [2.24, 2.45) is 0 Å². The summed E-state index contributed by atoms with van der Waals surface area (Å²) in [7, 11) is 0. The number of H-pyrrole nitrogens is 1. The maximum absolute atomic E-state index is 13.0. The van der Waals surface area contributed by atoms with E-state index in [-0.39, 0.29) is 5.82 Å². The van der Waals surface area contributed by atoms with Crippen LogP contribution in [0.2, 0.25) is 0 Å². The Morgan fingerprint density at radius 2 is 2.18 bits per heavy atom. The van der Waals surface area contributed by atoms with Gasteiger partial charge in [0, 0.05) is 37.3 Å². The lowest BCUT2D eigenvalue weighted by molar-refractivity contribution is -0.140. The summed E-state index contributed by atoms with van der Waals surface area (Å²) in [5, 5.41) is 19.1. The number of carbonyl (C=O) groups is 1. The van der Waals surface area contributed by atoms with E-state index in [1.807, 2.05) is 0 Å². The summed E-state index contributed by atoms with van der Waals surface area (Å²) < 4.78 is 13.0. The third kappa shape index (κ3) is 3.15. The first kappa shape index (κ1) is 14.7. The second-order valence-electron chi connectivity index (χ2n) is 5.36. The quantitative estimate of drug-likeness (QED) is 0.787. The van der Waals surface area contributed by atoms with Gasteiger partial charge in [0.1, 0.15) is 11.9 Å². The predicted molar refractivity (Wildman–Crippen MR) is 78.7 cm³/mol. The Bertz CT molecular complexity index is 656. The van der Waals surface area contributed by atoms with Crippen molar-refractivity contribution < 1.29 is 14.3 Å². The van der Waals surface area contributed by atoms with Crippen molar-refractivity contribution in [2.75, 3.05) is 19.6 Å². The van der Waals surface area contributed by atoms with Gasteiger partial charge in [0.05, 0.1) is 11.9 Å². The van der Waals surface area contributed by atoms with E-state index in [1.165, 1.54) is 12.1 Å². The summed E-state index contributed by atoms with van der Waals surface area (Å²) in [5.74, 6) is -1.12. The van der Waals surface area contributed by atoms with Crippen LogP contribution in [-0.2, 0) is 11.3 Å². The minimum absolute atomic E-state index is 0.281. The van der Waals surface area contributed by atoms with Crippen LogP contribution in [-0.4, -0.2) is 51.8 Å². The van der Waals surface area contributed by atoms with Gasteiger partial charge in [-0.25, -0.2) is 4.39 Å². The Kier molecular flexibility index (Phi) is 4.17. The lowest BCUT2D eigenvalue weighted by Gasteiger charge is -2.31. The maximum atomic E-state index is 13.0. The molecular formula is C15H17FN4O2. The number of aliphatic carboxylic acids is 1. The molecule has 0 saturated carbocycles. The standard InChI is InChI=1S/C15H17FN4O2/c16-12-3-1-10(2-4-12)14-11(7-18-19-14)8-20-6-5-17-13(9-20)15(21)22/h1-4,7,13,17H,5-6,8-9H2,(H,18,19)(H,21,22)/t13-/m0/s1. The first-order chi connectivity index (χ1) is 10.6. The molecule has 0 radical (unpaired) electrons. The molecule has 0 bridgehead atoms. The fourth-order valence-corrected chi connectivity index (χ4v) is 2.66. The highest BCUT2D eigenvalue weighted by molar-refractivity contribution is 5.73. The molecule has 2 heterocycles. The molecule has 2 aromatic rings. The molecule has 0 unspecified atom stereocenters. The van der Waals surface area contributed by atoms with Crippen LogP contribution in [0.4, 0.5) is 4.39 Å². The van der Waals surface area contributed by atoms with E-state index in [4.69, 9.17) is 5.11 Å². The average Bonchev–Trinajstić information content (AvgIpc) is 2.96. The molecule has 1 aromatic heterocycles. The molecule has 0 aliphatic carbocycles. The van der Waals surface area contributed by atoms with Crippen molar-refractivity contribution in [1.82, 2.24) is 20.4 Å².